The molecule has 4 saturated carbocycles. The van der Waals surface area contributed by atoms with Gasteiger partial charge in [0.05, 0.1) is 0 Å². The SMILES string of the molecule is Cl.Cl.N[C@@H]1CC[C@H]2[C@@H](C1)C2(F)F.N[C@H]1CC[C@@H]2[C@H](C1)C2(F)F. The third-order valence-corrected chi connectivity index (χ3v) is 5.54. The molecule has 0 aromatic heterocycles. The van der Waals surface area contributed by atoms with Crippen molar-refractivity contribution in [3.05, 3.63) is 0 Å². The molecule has 0 amide bonds. The molecule has 0 aromatic carbocycles. The lowest BCUT2D eigenvalue weighted by molar-refractivity contribution is 0.0842. The van der Waals surface area contributed by atoms with Crippen molar-refractivity contribution in [2.75, 3.05) is 0 Å². The maximum absolute atomic E-state index is 12.6. The van der Waals surface area contributed by atoms with E-state index in [2.05, 4.69) is 0 Å². The fourth-order valence-electron chi connectivity index (χ4n) is 4.03. The highest BCUT2D eigenvalue weighted by Gasteiger charge is 2.69. The van der Waals surface area contributed by atoms with E-state index in [9.17, 15) is 17.6 Å². The molecule has 0 saturated heterocycles. The van der Waals surface area contributed by atoms with Crippen molar-refractivity contribution in [3.8, 4) is 0 Å². The Labute approximate surface area is 140 Å². The van der Waals surface area contributed by atoms with Crippen LogP contribution in [0.4, 0.5) is 17.6 Å². The highest BCUT2D eigenvalue weighted by atomic mass is 35.5. The average molecular weight is 367 g/mol. The Hall–Kier alpha value is 0.220. The molecule has 6 atom stereocenters. The van der Waals surface area contributed by atoms with Gasteiger partial charge in [-0.1, -0.05) is 0 Å². The Morgan fingerprint density at radius 3 is 1.14 bits per heavy atom. The Balaban J connectivity index is 0.000000202. The van der Waals surface area contributed by atoms with Crippen LogP contribution in [0.1, 0.15) is 38.5 Å². The van der Waals surface area contributed by atoms with E-state index in [1.54, 1.807) is 0 Å². The monoisotopic (exact) mass is 366 g/mol. The zero-order valence-corrected chi connectivity index (χ0v) is 13.8. The lowest BCUT2D eigenvalue weighted by Gasteiger charge is -2.13. The molecule has 4 rings (SSSR count). The molecular weight excluding hydrogens is 343 g/mol. The highest BCUT2D eigenvalue weighted by Crippen LogP contribution is 2.62. The van der Waals surface area contributed by atoms with Gasteiger partial charge in [-0.15, -0.1) is 24.8 Å². The maximum atomic E-state index is 12.6. The number of hydrogen-bond acceptors (Lipinski definition) is 2. The lowest BCUT2D eigenvalue weighted by atomic mass is 9.97. The second kappa shape index (κ2) is 6.61. The van der Waals surface area contributed by atoms with Crippen LogP contribution in [0, 0.1) is 23.7 Å². The van der Waals surface area contributed by atoms with Crippen LogP contribution in [-0.4, -0.2) is 23.9 Å². The van der Waals surface area contributed by atoms with E-state index >= 15 is 0 Å². The molecule has 0 heterocycles. The van der Waals surface area contributed by atoms with Gasteiger partial charge < -0.3 is 11.5 Å². The molecule has 0 radical (unpaired) electrons. The van der Waals surface area contributed by atoms with Gasteiger partial charge in [-0.3, -0.25) is 0 Å². The average Bonchev–Trinajstić information content (AvgIpc) is 3.12. The van der Waals surface area contributed by atoms with E-state index in [1.165, 1.54) is 0 Å². The topological polar surface area (TPSA) is 52.0 Å². The first-order valence-electron chi connectivity index (χ1n) is 7.51. The first kappa shape index (κ1) is 20.3. The Morgan fingerprint density at radius 2 is 0.909 bits per heavy atom. The van der Waals surface area contributed by atoms with Gasteiger partial charge in [0.2, 0.25) is 0 Å². The van der Waals surface area contributed by atoms with Gasteiger partial charge in [-0.05, 0) is 38.5 Å². The molecule has 0 spiro atoms. The number of fused-ring (bicyclic) bond motifs is 2. The minimum Gasteiger partial charge on any atom is -0.328 e. The molecule has 132 valence electrons. The number of alkyl halides is 4. The van der Waals surface area contributed by atoms with Gasteiger partial charge in [-0.2, -0.15) is 0 Å². The molecule has 0 unspecified atom stereocenters. The number of hydrogen-bond donors (Lipinski definition) is 2. The van der Waals surface area contributed by atoms with Gasteiger partial charge in [0.25, 0.3) is 11.8 Å². The summed E-state index contributed by atoms with van der Waals surface area (Å²) < 4.78 is 50.5. The third kappa shape index (κ3) is 3.50. The van der Waals surface area contributed by atoms with Crippen LogP contribution in [0.15, 0.2) is 0 Å². The zero-order valence-electron chi connectivity index (χ0n) is 12.2. The van der Waals surface area contributed by atoms with Crippen LogP contribution in [0.5, 0.6) is 0 Å². The molecule has 2 nitrogen and oxygen atoms in total. The van der Waals surface area contributed by atoms with Crippen LogP contribution >= 0.6 is 24.8 Å². The Bertz CT molecular complexity index is 361. The normalized spacial score (nSPS) is 45.5. The van der Waals surface area contributed by atoms with Crippen molar-refractivity contribution in [2.24, 2.45) is 35.1 Å². The summed E-state index contributed by atoms with van der Waals surface area (Å²) in [6, 6.07) is 0.0734. The first-order chi connectivity index (χ1) is 9.24. The number of nitrogens with two attached hydrogens (primary N) is 2. The first-order valence-corrected chi connectivity index (χ1v) is 7.51. The fraction of sp³-hybridized carbons (Fsp3) is 1.00. The molecular formula is C14H24Cl2F4N2. The van der Waals surface area contributed by atoms with Crippen molar-refractivity contribution in [3.63, 3.8) is 0 Å². The van der Waals surface area contributed by atoms with Crippen molar-refractivity contribution in [1.82, 2.24) is 0 Å². The van der Waals surface area contributed by atoms with E-state index in [0.717, 1.165) is 12.8 Å². The predicted molar refractivity (Wildman–Crippen MR) is 82.0 cm³/mol. The summed E-state index contributed by atoms with van der Waals surface area (Å²) in [6.45, 7) is 0. The molecule has 4 fully saturated rings. The Morgan fingerprint density at radius 1 is 0.591 bits per heavy atom. The van der Waals surface area contributed by atoms with Crippen LogP contribution in [0.2, 0.25) is 0 Å². The molecule has 4 aliphatic carbocycles. The van der Waals surface area contributed by atoms with Crippen molar-refractivity contribution in [1.29, 1.82) is 0 Å². The second-order valence-corrected chi connectivity index (χ2v) is 6.92. The summed E-state index contributed by atoms with van der Waals surface area (Å²) in [7, 11) is 0. The van der Waals surface area contributed by atoms with Gasteiger partial charge in [0, 0.05) is 35.8 Å². The largest absolute Gasteiger partial charge is 0.328 e. The maximum Gasteiger partial charge on any atom is 0.254 e. The molecule has 22 heavy (non-hydrogen) atoms. The molecule has 4 N–H and O–H groups in total. The van der Waals surface area contributed by atoms with Gasteiger partial charge in [-0.25, -0.2) is 17.6 Å². The van der Waals surface area contributed by atoms with E-state index in [-0.39, 0.29) is 60.6 Å². The zero-order chi connectivity index (χ0) is 14.7. The molecule has 0 aromatic rings. The summed E-state index contributed by atoms with van der Waals surface area (Å²) >= 11 is 0. The summed E-state index contributed by atoms with van der Waals surface area (Å²) in [6.07, 6.45) is 3.93. The van der Waals surface area contributed by atoms with Crippen LogP contribution in [0.25, 0.3) is 0 Å². The number of halogens is 6. The third-order valence-electron chi connectivity index (χ3n) is 5.54. The molecule has 8 heteroatoms. The van der Waals surface area contributed by atoms with E-state index in [0.29, 0.717) is 25.7 Å². The summed E-state index contributed by atoms with van der Waals surface area (Å²) in [5, 5.41) is 0. The summed E-state index contributed by atoms with van der Waals surface area (Å²) in [5.41, 5.74) is 11.1. The molecule has 4 aliphatic rings. The standard InChI is InChI=1S/2C7H11F2N.2ClH/c2*8-7(9)5-2-1-4(10)3-6(5)7;;/h2*4-6H,1-3,10H2;2*1H/t2*4-,5+,6-;;/m10../s1. The molecule has 0 aliphatic heterocycles. The minimum absolute atomic E-state index is 0. The van der Waals surface area contributed by atoms with Crippen LogP contribution < -0.4 is 11.5 Å². The second-order valence-electron chi connectivity index (χ2n) is 6.92. The summed E-state index contributed by atoms with van der Waals surface area (Å²) in [4.78, 5) is 0. The number of rotatable bonds is 0. The van der Waals surface area contributed by atoms with Crippen LogP contribution in [-0.2, 0) is 0 Å². The van der Waals surface area contributed by atoms with E-state index in [1.807, 2.05) is 0 Å². The van der Waals surface area contributed by atoms with Crippen molar-refractivity contribution in [2.45, 2.75) is 62.5 Å². The van der Waals surface area contributed by atoms with Gasteiger partial charge >= 0.3 is 0 Å². The molecule has 0 bridgehead atoms. The predicted octanol–water partition coefficient (Wildman–Crippen LogP) is 3.60. The van der Waals surface area contributed by atoms with E-state index < -0.39 is 11.8 Å². The van der Waals surface area contributed by atoms with Crippen molar-refractivity contribution >= 4 is 24.8 Å². The fourth-order valence-corrected chi connectivity index (χ4v) is 4.03. The summed E-state index contributed by atoms with van der Waals surface area (Å²) in [5.74, 6) is -6.06. The minimum atomic E-state index is -2.35. The van der Waals surface area contributed by atoms with E-state index in [4.69, 9.17) is 11.5 Å². The smallest absolute Gasteiger partial charge is 0.254 e. The van der Waals surface area contributed by atoms with Gasteiger partial charge in [0.15, 0.2) is 0 Å². The Kier molecular flexibility index (Phi) is 6.09. The van der Waals surface area contributed by atoms with Crippen LogP contribution in [0.3, 0.4) is 0 Å². The van der Waals surface area contributed by atoms with Crippen molar-refractivity contribution < 1.29 is 17.6 Å². The lowest BCUT2D eigenvalue weighted by Crippen LogP contribution is -2.23. The highest BCUT2D eigenvalue weighted by molar-refractivity contribution is 5.85. The van der Waals surface area contributed by atoms with Gasteiger partial charge in [0.1, 0.15) is 0 Å². The quantitative estimate of drug-likeness (QED) is 0.643.